The molecule has 0 spiro atoms. The van der Waals surface area contributed by atoms with E-state index in [0.717, 1.165) is 49.5 Å². The second-order valence-electron chi connectivity index (χ2n) is 8.53. The summed E-state index contributed by atoms with van der Waals surface area (Å²) in [7, 11) is 1.99. The molecular weight excluding hydrogens is 479 g/mol. The first-order chi connectivity index (χ1) is 13.6. The summed E-state index contributed by atoms with van der Waals surface area (Å²) in [6.45, 7) is 6.43. The molecule has 3 rings (SSSR count). The quantitative estimate of drug-likeness (QED) is 0.312. The molecule has 0 bridgehead atoms. The molecule has 2 atom stereocenters. The van der Waals surface area contributed by atoms with Crippen molar-refractivity contribution in [2.45, 2.75) is 90.3 Å². The van der Waals surface area contributed by atoms with Gasteiger partial charge in [0.1, 0.15) is 12.4 Å². The molecule has 2 fully saturated rings. The predicted octanol–water partition coefficient (Wildman–Crippen LogP) is 3.70. The molecule has 2 aliphatic rings. The largest absolute Gasteiger partial charge is 0.376 e. The van der Waals surface area contributed by atoms with Gasteiger partial charge in [0.25, 0.3) is 0 Å². The third kappa shape index (κ3) is 8.03. The van der Waals surface area contributed by atoms with Gasteiger partial charge in [0.2, 0.25) is 0 Å². The number of ether oxygens (including phenoxy) is 1. The molecule has 1 saturated heterocycles. The molecule has 1 aliphatic heterocycles. The lowest BCUT2D eigenvalue weighted by Gasteiger charge is -2.24. The summed E-state index contributed by atoms with van der Waals surface area (Å²) in [5, 5.41) is 15.4. The zero-order valence-corrected chi connectivity index (χ0v) is 20.7. The Hall–Kier alpha value is -0.900. The summed E-state index contributed by atoms with van der Waals surface area (Å²) < 4.78 is 7.74. The topological polar surface area (TPSA) is 76.4 Å². The van der Waals surface area contributed by atoms with E-state index in [-0.39, 0.29) is 24.0 Å². The Labute approximate surface area is 192 Å². The normalized spacial score (nSPS) is 21.6. The van der Waals surface area contributed by atoms with Crippen molar-refractivity contribution in [1.29, 1.82) is 0 Å². The standard InChI is InChI=1S/C21H38N6O.HI/c1-16(11-12-18-8-5-4-6-9-18)24-21(22-14-19-10-7-13-28-19)23-15-20-26-25-17(2)27(20)3;/h16,18-19H,4-15H2,1-3H3,(H2,22,23,24);1H. The molecule has 29 heavy (non-hydrogen) atoms. The van der Waals surface area contributed by atoms with Crippen LogP contribution in [0.1, 0.15) is 76.4 Å². The zero-order valence-electron chi connectivity index (χ0n) is 18.3. The van der Waals surface area contributed by atoms with E-state index in [0.29, 0.717) is 18.7 Å². The molecule has 2 N–H and O–H groups in total. The van der Waals surface area contributed by atoms with Crippen LogP contribution < -0.4 is 10.6 Å². The average molecular weight is 518 g/mol. The Morgan fingerprint density at radius 1 is 1.21 bits per heavy atom. The van der Waals surface area contributed by atoms with Gasteiger partial charge in [-0.25, -0.2) is 4.99 Å². The summed E-state index contributed by atoms with van der Waals surface area (Å²) in [4.78, 5) is 4.78. The van der Waals surface area contributed by atoms with Gasteiger partial charge in [-0.15, -0.1) is 34.2 Å². The van der Waals surface area contributed by atoms with E-state index >= 15 is 0 Å². The van der Waals surface area contributed by atoms with Crippen molar-refractivity contribution in [3.8, 4) is 0 Å². The molecule has 7 nitrogen and oxygen atoms in total. The van der Waals surface area contributed by atoms with E-state index in [4.69, 9.17) is 9.73 Å². The van der Waals surface area contributed by atoms with E-state index in [9.17, 15) is 0 Å². The molecule has 166 valence electrons. The molecular formula is C21H39IN6O. The third-order valence-corrected chi connectivity index (χ3v) is 6.20. The Morgan fingerprint density at radius 3 is 2.66 bits per heavy atom. The monoisotopic (exact) mass is 518 g/mol. The lowest BCUT2D eigenvalue weighted by atomic mass is 9.85. The number of aromatic nitrogens is 3. The number of rotatable bonds is 8. The Kier molecular flexibility index (Phi) is 10.7. The van der Waals surface area contributed by atoms with Crippen molar-refractivity contribution < 1.29 is 4.74 Å². The van der Waals surface area contributed by atoms with Crippen LogP contribution in [0.4, 0.5) is 0 Å². The minimum atomic E-state index is 0. The average Bonchev–Trinajstić information content (AvgIpc) is 3.34. The summed E-state index contributed by atoms with van der Waals surface area (Å²) in [5.41, 5.74) is 0. The highest BCUT2D eigenvalue weighted by Gasteiger charge is 2.18. The first kappa shape index (κ1) is 24.4. The van der Waals surface area contributed by atoms with Crippen molar-refractivity contribution in [1.82, 2.24) is 25.4 Å². The SMILES string of the molecule is Cc1nnc(CN=C(NCC2CCCO2)NC(C)CCC2CCCCC2)n1C.I. The van der Waals surface area contributed by atoms with Crippen LogP contribution in [0.15, 0.2) is 4.99 Å². The van der Waals surface area contributed by atoms with Gasteiger partial charge in [0, 0.05) is 26.2 Å². The van der Waals surface area contributed by atoms with E-state index in [1.54, 1.807) is 0 Å². The van der Waals surface area contributed by atoms with Crippen molar-refractivity contribution in [3.63, 3.8) is 0 Å². The molecule has 1 aliphatic carbocycles. The van der Waals surface area contributed by atoms with Crippen LogP contribution in [-0.2, 0) is 18.3 Å². The van der Waals surface area contributed by atoms with Gasteiger partial charge in [-0.2, -0.15) is 0 Å². The van der Waals surface area contributed by atoms with E-state index < -0.39 is 0 Å². The molecule has 2 heterocycles. The fraction of sp³-hybridized carbons (Fsp3) is 0.857. The number of aliphatic imine (C=N–C) groups is 1. The Bertz CT molecular complexity index is 623. The minimum absolute atomic E-state index is 0. The van der Waals surface area contributed by atoms with Gasteiger partial charge in [-0.05, 0) is 45.4 Å². The Morgan fingerprint density at radius 2 is 2.00 bits per heavy atom. The van der Waals surface area contributed by atoms with Gasteiger partial charge in [-0.3, -0.25) is 0 Å². The van der Waals surface area contributed by atoms with Gasteiger partial charge in [-0.1, -0.05) is 32.1 Å². The lowest BCUT2D eigenvalue weighted by molar-refractivity contribution is 0.113. The molecule has 1 saturated carbocycles. The molecule has 1 aromatic heterocycles. The molecule has 8 heteroatoms. The second-order valence-corrected chi connectivity index (χ2v) is 8.53. The molecule has 2 unspecified atom stereocenters. The van der Waals surface area contributed by atoms with Crippen molar-refractivity contribution in [2.24, 2.45) is 18.0 Å². The molecule has 0 aromatic carbocycles. The van der Waals surface area contributed by atoms with Crippen molar-refractivity contribution >= 4 is 29.9 Å². The zero-order chi connectivity index (χ0) is 19.8. The fourth-order valence-corrected chi connectivity index (χ4v) is 4.17. The van der Waals surface area contributed by atoms with E-state index in [1.807, 2.05) is 18.5 Å². The molecule has 0 amide bonds. The minimum Gasteiger partial charge on any atom is -0.376 e. The van der Waals surface area contributed by atoms with Gasteiger partial charge < -0.3 is 19.9 Å². The van der Waals surface area contributed by atoms with Gasteiger partial charge >= 0.3 is 0 Å². The van der Waals surface area contributed by atoms with E-state index in [1.165, 1.54) is 44.9 Å². The molecule has 1 aromatic rings. The predicted molar refractivity (Wildman–Crippen MR) is 128 cm³/mol. The summed E-state index contributed by atoms with van der Waals surface area (Å²) in [6, 6.07) is 0.402. The van der Waals surface area contributed by atoms with Crippen LogP contribution >= 0.6 is 24.0 Å². The Balaban J connectivity index is 0.00000300. The second kappa shape index (κ2) is 12.7. The van der Waals surface area contributed by atoms with Crippen molar-refractivity contribution in [2.75, 3.05) is 13.2 Å². The first-order valence-electron chi connectivity index (χ1n) is 11.1. The van der Waals surface area contributed by atoms with Crippen LogP contribution in [0.5, 0.6) is 0 Å². The van der Waals surface area contributed by atoms with Crippen LogP contribution in [0.3, 0.4) is 0 Å². The van der Waals surface area contributed by atoms with E-state index in [2.05, 4.69) is 27.8 Å². The number of nitrogens with zero attached hydrogens (tertiary/aromatic N) is 4. The van der Waals surface area contributed by atoms with Crippen LogP contribution in [0.2, 0.25) is 0 Å². The molecule has 0 radical (unpaired) electrons. The maximum absolute atomic E-state index is 5.75. The number of hydrogen-bond donors (Lipinski definition) is 2. The summed E-state index contributed by atoms with van der Waals surface area (Å²) in [5.74, 6) is 3.56. The van der Waals surface area contributed by atoms with Crippen LogP contribution in [-0.4, -0.2) is 46.0 Å². The highest BCUT2D eigenvalue weighted by atomic mass is 127. The van der Waals surface area contributed by atoms with Crippen LogP contribution in [0, 0.1) is 12.8 Å². The fourth-order valence-electron chi connectivity index (χ4n) is 4.17. The third-order valence-electron chi connectivity index (χ3n) is 6.20. The van der Waals surface area contributed by atoms with Crippen molar-refractivity contribution in [3.05, 3.63) is 11.6 Å². The number of halogens is 1. The number of guanidine groups is 1. The maximum atomic E-state index is 5.75. The highest BCUT2D eigenvalue weighted by molar-refractivity contribution is 14.0. The number of nitrogens with one attached hydrogen (secondary N) is 2. The number of hydrogen-bond acceptors (Lipinski definition) is 4. The summed E-state index contributed by atoms with van der Waals surface area (Å²) >= 11 is 0. The maximum Gasteiger partial charge on any atom is 0.192 e. The number of aryl methyl sites for hydroxylation is 1. The highest BCUT2D eigenvalue weighted by Crippen LogP contribution is 2.27. The van der Waals surface area contributed by atoms with Gasteiger partial charge in [0.15, 0.2) is 11.8 Å². The summed E-state index contributed by atoms with van der Waals surface area (Å²) in [6.07, 6.45) is 12.2. The van der Waals surface area contributed by atoms with Crippen LogP contribution in [0.25, 0.3) is 0 Å². The smallest absolute Gasteiger partial charge is 0.192 e. The van der Waals surface area contributed by atoms with Gasteiger partial charge in [0.05, 0.1) is 6.10 Å². The lowest BCUT2D eigenvalue weighted by Crippen LogP contribution is -2.45. The first-order valence-corrected chi connectivity index (χ1v) is 11.1.